The van der Waals surface area contributed by atoms with Crippen molar-refractivity contribution in [1.82, 2.24) is 4.98 Å². The number of hydrogen-bond donors (Lipinski definition) is 1. The minimum atomic E-state index is 0.657. The Morgan fingerprint density at radius 1 is 1.12 bits per heavy atom. The van der Waals surface area contributed by atoms with E-state index in [1.54, 1.807) is 6.21 Å². The third kappa shape index (κ3) is 3.81. The first-order valence-corrected chi connectivity index (χ1v) is 9.38. The first kappa shape index (κ1) is 16.9. The van der Waals surface area contributed by atoms with Crippen molar-refractivity contribution in [2.45, 2.75) is 6.42 Å². The van der Waals surface area contributed by atoms with Gasteiger partial charge in [0.1, 0.15) is 0 Å². The first-order chi connectivity index (χ1) is 12.8. The van der Waals surface area contributed by atoms with Crippen LogP contribution in [-0.2, 0) is 0 Å². The Morgan fingerprint density at radius 2 is 1.96 bits per heavy atom. The summed E-state index contributed by atoms with van der Waals surface area (Å²) in [7, 11) is 0. The average Bonchev–Trinajstić information content (AvgIpc) is 3.00. The SMILES string of the molecule is Clc1ccccc1/C=N/Nc1ncc(-c2ccc3c(c2)OCCCO3)s1. The number of fused-ring (bicyclic) bond motifs is 1. The fourth-order valence-corrected chi connectivity index (χ4v) is 3.46. The standard InChI is InChI=1S/C19H16ClN3O2S/c20-15-5-2-1-4-14(15)11-22-23-19-21-12-18(26-19)13-6-7-16-17(10-13)25-9-3-8-24-16/h1-2,4-7,10-12H,3,8-9H2,(H,21,23)/b22-11+. The molecule has 26 heavy (non-hydrogen) atoms. The van der Waals surface area contributed by atoms with Gasteiger partial charge < -0.3 is 9.47 Å². The number of rotatable bonds is 4. The van der Waals surface area contributed by atoms with Gasteiger partial charge in [-0.05, 0) is 29.8 Å². The maximum atomic E-state index is 6.11. The van der Waals surface area contributed by atoms with Crippen LogP contribution in [0.3, 0.4) is 0 Å². The molecule has 0 unspecified atom stereocenters. The minimum Gasteiger partial charge on any atom is -0.490 e. The van der Waals surface area contributed by atoms with Crippen molar-refractivity contribution in [3.05, 3.63) is 59.2 Å². The molecule has 0 aliphatic carbocycles. The molecule has 1 aliphatic heterocycles. The summed E-state index contributed by atoms with van der Waals surface area (Å²) in [5.74, 6) is 1.57. The molecule has 1 aliphatic rings. The Labute approximate surface area is 160 Å². The predicted molar refractivity (Wildman–Crippen MR) is 106 cm³/mol. The smallest absolute Gasteiger partial charge is 0.203 e. The number of aromatic nitrogens is 1. The van der Waals surface area contributed by atoms with Crippen molar-refractivity contribution in [3.63, 3.8) is 0 Å². The number of hydrogen-bond acceptors (Lipinski definition) is 6. The number of nitrogens with zero attached hydrogens (tertiary/aromatic N) is 2. The van der Waals surface area contributed by atoms with Crippen LogP contribution in [0.1, 0.15) is 12.0 Å². The largest absolute Gasteiger partial charge is 0.490 e. The van der Waals surface area contributed by atoms with E-state index in [0.29, 0.717) is 23.4 Å². The first-order valence-electron chi connectivity index (χ1n) is 8.19. The Balaban J connectivity index is 1.48. The maximum absolute atomic E-state index is 6.11. The molecule has 1 N–H and O–H groups in total. The summed E-state index contributed by atoms with van der Waals surface area (Å²) in [6.07, 6.45) is 4.39. The molecule has 0 spiro atoms. The Kier molecular flexibility index (Phi) is 5.04. The van der Waals surface area contributed by atoms with Gasteiger partial charge in [0.2, 0.25) is 5.13 Å². The number of benzene rings is 2. The second-order valence-corrected chi connectivity index (χ2v) is 7.07. The van der Waals surface area contributed by atoms with Crippen molar-refractivity contribution < 1.29 is 9.47 Å². The molecule has 132 valence electrons. The van der Waals surface area contributed by atoms with E-state index in [1.165, 1.54) is 11.3 Å². The number of halogens is 1. The maximum Gasteiger partial charge on any atom is 0.203 e. The zero-order valence-corrected chi connectivity index (χ0v) is 15.4. The molecule has 0 atom stereocenters. The zero-order chi connectivity index (χ0) is 17.8. The molecule has 7 heteroatoms. The van der Waals surface area contributed by atoms with E-state index in [0.717, 1.165) is 33.9 Å². The number of ether oxygens (including phenoxy) is 2. The van der Waals surface area contributed by atoms with Crippen LogP contribution in [0, 0.1) is 0 Å². The molecule has 2 heterocycles. The van der Waals surface area contributed by atoms with E-state index in [-0.39, 0.29) is 0 Å². The van der Waals surface area contributed by atoms with Crippen LogP contribution in [0.25, 0.3) is 10.4 Å². The topological polar surface area (TPSA) is 55.7 Å². The molecule has 2 aromatic carbocycles. The van der Waals surface area contributed by atoms with Crippen molar-refractivity contribution in [2.24, 2.45) is 5.10 Å². The molecular weight excluding hydrogens is 370 g/mol. The highest BCUT2D eigenvalue weighted by Gasteiger charge is 2.12. The van der Waals surface area contributed by atoms with Gasteiger partial charge in [0, 0.05) is 23.2 Å². The lowest BCUT2D eigenvalue weighted by Gasteiger charge is -2.08. The van der Waals surface area contributed by atoms with Gasteiger partial charge in [0.25, 0.3) is 0 Å². The van der Waals surface area contributed by atoms with E-state index in [4.69, 9.17) is 21.1 Å². The van der Waals surface area contributed by atoms with Crippen LogP contribution in [0.4, 0.5) is 5.13 Å². The summed E-state index contributed by atoms with van der Waals surface area (Å²) in [6, 6.07) is 13.5. The Hall–Kier alpha value is -2.57. The van der Waals surface area contributed by atoms with E-state index in [9.17, 15) is 0 Å². The zero-order valence-electron chi connectivity index (χ0n) is 13.8. The van der Waals surface area contributed by atoms with Gasteiger partial charge in [-0.2, -0.15) is 5.10 Å². The summed E-state index contributed by atoms with van der Waals surface area (Å²) in [5.41, 5.74) is 4.83. The van der Waals surface area contributed by atoms with Crippen molar-refractivity contribution in [3.8, 4) is 21.9 Å². The monoisotopic (exact) mass is 385 g/mol. The highest BCUT2D eigenvalue weighted by Crippen LogP contribution is 2.36. The summed E-state index contributed by atoms with van der Waals surface area (Å²) < 4.78 is 11.4. The van der Waals surface area contributed by atoms with E-state index >= 15 is 0 Å². The lowest BCUT2D eigenvalue weighted by molar-refractivity contribution is 0.297. The average molecular weight is 386 g/mol. The van der Waals surface area contributed by atoms with E-state index in [1.807, 2.05) is 48.7 Å². The summed E-state index contributed by atoms with van der Waals surface area (Å²) >= 11 is 7.62. The van der Waals surface area contributed by atoms with Crippen LogP contribution in [0.2, 0.25) is 5.02 Å². The molecule has 0 amide bonds. The number of thiazole rings is 1. The number of anilines is 1. The molecule has 0 radical (unpaired) electrons. The Morgan fingerprint density at radius 3 is 2.85 bits per heavy atom. The second kappa shape index (κ2) is 7.76. The summed E-state index contributed by atoms with van der Waals surface area (Å²) in [6.45, 7) is 1.35. The van der Waals surface area contributed by atoms with Gasteiger partial charge in [-0.15, -0.1) is 0 Å². The quantitative estimate of drug-likeness (QED) is 0.503. The van der Waals surface area contributed by atoms with Crippen LogP contribution >= 0.6 is 22.9 Å². The molecule has 3 aromatic rings. The number of hydrazone groups is 1. The van der Waals surface area contributed by atoms with Gasteiger partial charge in [-0.25, -0.2) is 4.98 Å². The van der Waals surface area contributed by atoms with Gasteiger partial charge in [0.15, 0.2) is 11.5 Å². The third-order valence-electron chi connectivity index (χ3n) is 3.81. The third-order valence-corrected chi connectivity index (χ3v) is 5.10. The van der Waals surface area contributed by atoms with Crippen LogP contribution < -0.4 is 14.9 Å². The predicted octanol–water partition coefficient (Wildman–Crippen LogP) is 5.07. The van der Waals surface area contributed by atoms with Gasteiger partial charge in [-0.1, -0.05) is 41.1 Å². The van der Waals surface area contributed by atoms with Gasteiger partial charge >= 0.3 is 0 Å². The lowest BCUT2D eigenvalue weighted by Crippen LogP contribution is -1.97. The molecule has 0 saturated carbocycles. The molecule has 4 rings (SSSR count). The van der Waals surface area contributed by atoms with E-state index in [2.05, 4.69) is 15.5 Å². The summed E-state index contributed by atoms with van der Waals surface area (Å²) in [5, 5.41) is 5.57. The van der Waals surface area contributed by atoms with Gasteiger partial charge in [0.05, 0.1) is 24.3 Å². The molecule has 0 bridgehead atoms. The highest BCUT2D eigenvalue weighted by molar-refractivity contribution is 7.18. The molecule has 5 nitrogen and oxygen atoms in total. The van der Waals surface area contributed by atoms with Crippen LogP contribution in [0.5, 0.6) is 11.5 Å². The fourth-order valence-electron chi connectivity index (χ4n) is 2.51. The van der Waals surface area contributed by atoms with E-state index < -0.39 is 0 Å². The van der Waals surface area contributed by atoms with Crippen LogP contribution in [0.15, 0.2) is 53.8 Å². The second-order valence-electron chi connectivity index (χ2n) is 5.63. The van der Waals surface area contributed by atoms with Crippen LogP contribution in [-0.4, -0.2) is 24.4 Å². The fraction of sp³-hybridized carbons (Fsp3) is 0.158. The normalized spacial score (nSPS) is 13.6. The van der Waals surface area contributed by atoms with Crippen molar-refractivity contribution >= 4 is 34.3 Å². The highest BCUT2D eigenvalue weighted by atomic mass is 35.5. The van der Waals surface area contributed by atoms with Crippen molar-refractivity contribution in [2.75, 3.05) is 18.6 Å². The minimum absolute atomic E-state index is 0.657. The Bertz CT molecular complexity index is 942. The molecular formula is C19H16ClN3O2S. The summed E-state index contributed by atoms with van der Waals surface area (Å²) in [4.78, 5) is 5.39. The molecule has 0 saturated heterocycles. The molecule has 0 fully saturated rings. The van der Waals surface area contributed by atoms with Gasteiger partial charge in [-0.3, -0.25) is 5.43 Å². The lowest BCUT2D eigenvalue weighted by atomic mass is 10.2. The molecule has 1 aromatic heterocycles. The van der Waals surface area contributed by atoms with Crippen molar-refractivity contribution in [1.29, 1.82) is 0 Å². The number of nitrogens with one attached hydrogen (secondary N) is 1.